The van der Waals surface area contributed by atoms with Gasteiger partial charge in [-0.1, -0.05) is 0 Å². The van der Waals surface area contributed by atoms with E-state index >= 15 is 0 Å². The van der Waals surface area contributed by atoms with Crippen molar-refractivity contribution in [2.75, 3.05) is 11.9 Å². The summed E-state index contributed by atoms with van der Waals surface area (Å²) in [6.07, 6.45) is 3.52. The molecule has 0 atom stereocenters. The van der Waals surface area contributed by atoms with Crippen molar-refractivity contribution in [2.45, 2.75) is 12.8 Å². The summed E-state index contributed by atoms with van der Waals surface area (Å²) < 4.78 is 0. The van der Waals surface area contributed by atoms with E-state index in [9.17, 15) is 4.79 Å². The molecule has 0 aliphatic carbocycles. The van der Waals surface area contributed by atoms with E-state index in [1.165, 1.54) is 0 Å². The van der Waals surface area contributed by atoms with Crippen LogP contribution in [0.5, 0.6) is 0 Å². The van der Waals surface area contributed by atoms with Crippen LogP contribution in [0.4, 0.5) is 5.69 Å². The molecule has 13 heavy (non-hydrogen) atoms. The number of anilines is 1. The average molecular weight is 177 g/mol. The van der Waals surface area contributed by atoms with Gasteiger partial charge >= 0.3 is 0 Å². The van der Waals surface area contributed by atoms with Gasteiger partial charge in [0.05, 0.1) is 0 Å². The Bertz CT molecular complexity index is 349. The largest absolute Gasteiger partial charge is 0.385 e. The van der Waals surface area contributed by atoms with Gasteiger partial charge in [0, 0.05) is 24.0 Å². The zero-order chi connectivity index (χ0) is 9.26. The molecule has 1 amide bonds. The highest BCUT2D eigenvalue weighted by Gasteiger charge is 2.16. The maximum absolute atomic E-state index is 11.0. The third-order valence-electron chi connectivity index (χ3n) is 2.21. The zero-order valence-corrected chi connectivity index (χ0v) is 7.21. The van der Waals surface area contributed by atoms with Gasteiger partial charge in [-0.25, -0.2) is 0 Å². The summed E-state index contributed by atoms with van der Waals surface area (Å²) in [7, 11) is 0. The van der Waals surface area contributed by atoms with Crippen LogP contribution < -0.4 is 11.1 Å². The first-order valence-corrected chi connectivity index (χ1v) is 4.30. The molecule has 4 heteroatoms. The van der Waals surface area contributed by atoms with Crippen LogP contribution in [0.25, 0.3) is 0 Å². The molecule has 0 aromatic carbocycles. The smallest absolute Gasteiger partial charge is 0.267 e. The summed E-state index contributed by atoms with van der Waals surface area (Å²) in [5.41, 5.74) is 7.57. The topological polar surface area (TPSA) is 68.0 Å². The van der Waals surface area contributed by atoms with Crippen LogP contribution in [0.2, 0.25) is 0 Å². The highest BCUT2D eigenvalue weighted by Crippen LogP contribution is 2.22. The number of hydrogen-bond donors (Lipinski definition) is 2. The third-order valence-corrected chi connectivity index (χ3v) is 2.21. The number of pyridine rings is 1. The van der Waals surface area contributed by atoms with Crippen LogP contribution in [0.15, 0.2) is 12.3 Å². The summed E-state index contributed by atoms with van der Waals surface area (Å²) in [6, 6.07) is 1.88. The Morgan fingerprint density at radius 3 is 3.23 bits per heavy atom. The molecule has 2 rings (SSSR count). The van der Waals surface area contributed by atoms with Crippen molar-refractivity contribution in [1.82, 2.24) is 4.98 Å². The molecule has 1 aliphatic rings. The molecule has 3 N–H and O–H groups in total. The number of hydrogen-bond acceptors (Lipinski definition) is 3. The fourth-order valence-electron chi connectivity index (χ4n) is 1.61. The van der Waals surface area contributed by atoms with Crippen molar-refractivity contribution in [3.8, 4) is 0 Å². The number of aromatic nitrogens is 1. The number of primary amides is 1. The number of fused-ring (bicyclic) bond motifs is 1. The number of nitrogens with two attached hydrogens (primary N) is 1. The highest BCUT2D eigenvalue weighted by molar-refractivity contribution is 5.93. The molecular weight excluding hydrogens is 166 g/mol. The highest BCUT2D eigenvalue weighted by atomic mass is 16.1. The first kappa shape index (κ1) is 8.04. The standard InChI is InChI=1S/C9H11N3O/c10-9(13)8-6-2-1-4-11-7(6)3-5-12-8/h3,5,11H,1-2,4H2,(H2,10,13). The van der Waals surface area contributed by atoms with E-state index in [2.05, 4.69) is 10.3 Å². The van der Waals surface area contributed by atoms with Crippen molar-refractivity contribution < 1.29 is 4.79 Å². The fourth-order valence-corrected chi connectivity index (χ4v) is 1.61. The lowest BCUT2D eigenvalue weighted by Gasteiger charge is -2.18. The zero-order valence-electron chi connectivity index (χ0n) is 7.21. The lowest BCUT2D eigenvalue weighted by Crippen LogP contribution is -2.20. The Morgan fingerprint density at radius 2 is 2.46 bits per heavy atom. The van der Waals surface area contributed by atoms with E-state index in [1.54, 1.807) is 6.20 Å². The molecule has 2 heterocycles. The van der Waals surface area contributed by atoms with Gasteiger partial charge in [-0.3, -0.25) is 9.78 Å². The Hall–Kier alpha value is -1.58. The van der Waals surface area contributed by atoms with Gasteiger partial charge in [-0.15, -0.1) is 0 Å². The van der Waals surface area contributed by atoms with Crippen LogP contribution in [0.1, 0.15) is 22.5 Å². The molecule has 0 saturated heterocycles. The quantitative estimate of drug-likeness (QED) is 0.657. The van der Waals surface area contributed by atoms with Gasteiger partial charge in [0.25, 0.3) is 5.91 Å². The van der Waals surface area contributed by atoms with Gasteiger partial charge in [-0.05, 0) is 18.9 Å². The van der Waals surface area contributed by atoms with Gasteiger partial charge < -0.3 is 11.1 Å². The Balaban J connectivity index is 2.52. The molecule has 0 saturated carbocycles. The molecule has 0 fully saturated rings. The van der Waals surface area contributed by atoms with Crippen LogP contribution in [-0.2, 0) is 6.42 Å². The summed E-state index contributed by atoms with van der Waals surface area (Å²) in [6.45, 7) is 0.954. The van der Waals surface area contributed by atoms with E-state index in [1.807, 2.05) is 6.07 Å². The second-order valence-corrected chi connectivity index (χ2v) is 3.08. The number of amides is 1. The Morgan fingerprint density at radius 1 is 1.62 bits per heavy atom. The summed E-state index contributed by atoms with van der Waals surface area (Å²) in [5, 5.41) is 3.21. The van der Waals surface area contributed by atoms with E-state index in [-0.39, 0.29) is 0 Å². The molecule has 0 spiro atoms. The van der Waals surface area contributed by atoms with Gasteiger partial charge in [0.15, 0.2) is 0 Å². The van der Waals surface area contributed by atoms with Crippen LogP contribution >= 0.6 is 0 Å². The lowest BCUT2D eigenvalue weighted by molar-refractivity contribution is 0.0994. The minimum Gasteiger partial charge on any atom is -0.385 e. The minimum absolute atomic E-state index is 0.407. The molecule has 68 valence electrons. The van der Waals surface area contributed by atoms with Gasteiger partial charge in [0.2, 0.25) is 0 Å². The molecule has 4 nitrogen and oxygen atoms in total. The minimum atomic E-state index is -0.444. The van der Waals surface area contributed by atoms with E-state index in [0.717, 1.165) is 30.6 Å². The Labute approximate surface area is 76.2 Å². The van der Waals surface area contributed by atoms with Crippen molar-refractivity contribution in [3.63, 3.8) is 0 Å². The molecule has 0 bridgehead atoms. The maximum atomic E-state index is 11.0. The summed E-state index contributed by atoms with van der Waals surface area (Å²) >= 11 is 0. The van der Waals surface area contributed by atoms with Crippen molar-refractivity contribution in [2.24, 2.45) is 5.73 Å². The molecule has 0 radical (unpaired) electrons. The predicted molar refractivity (Wildman–Crippen MR) is 49.6 cm³/mol. The summed E-state index contributed by atoms with van der Waals surface area (Å²) in [5.74, 6) is -0.444. The van der Waals surface area contributed by atoms with Crippen molar-refractivity contribution in [3.05, 3.63) is 23.5 Å². The number of nitrogens with zero attached hydrogens (tertiary/aromatic N) is 1. The summed E-state index contributed by atoms with van der Waals surface area (Å²) in [4.78, 5) is 15.0. The van der Waals surface area contributed by atoms with E-state index in [4.69, 9.17) is 5.73 Å². The van der Waals surface area contributed by atoms with Gasteiger partial charge in [-0.2, -0.15) is 0 Å². The van der Waals surface area contributed by atoms with Crippen LogP contribution in [0.3, 0.4) is 0 Å². The van der Waals surface area contributed by atoms with Gasteiger partial charge in [0.1, 0.15) is 5.69 Å². The molecular formula is C9H11N3O. The average Bonchev–Trinajstić information content (AvgIpc) is 2.17. The van der Waals surface area contributed by atoms with E-state index < -0.39 is 5.91 Å². The normalized spacial score (nSPS) is 14.5. The molecule has 0 unspecified atom stereocenters. The van der Waals surface area contributed by atoms with Crippen molar-refractivity contribution >= 4 is 11.6 Å². The van der Waals surface area contributed by atoms with Crippen LogP contribution in [-0.4, -0.2) is 17.4 Å². The van der Waals surface area contributed by atoms with E-state index in [0.29, 0.717) is 5.69 Å². The Kier molecular flexibility index (Phi) is 1.88. The first-order valence-electron chi connectivity index (χ1n) is 4.30. The second-order valence-electron chi connectivity index (χ2n) is 3.08. The number of carbonyl (C=O) groups is 1. The first-order chi connectivity index (χ1) is 6.29. The lowest BCUT2D eigenvalue weighted by atomic mass is 10.0. The molecule has 1 aromatic heterocycles. The SMILES string of the molecule is NC(=O)c1nccc2c1CCCN2. The number of nitrogens with one attached hydrogen (secondary N) is 1. The molecule has 1 aliphatic heterocycles. The fraction of sp³-hybridized carbons (Fsp3) is 0.333. The monoisotopic (exact) mass is 177 g/mol. The maximum Gasteiger partial charge on any atom is 0.267 e. The number of carbonyl (C=O) groups excluding carboxylic acids is 1. The molecule has 1 aromatic rings. The predicted octanol–water partition coefficient (Wildman–Crippen LogP) is 0.539. The number of rotatable bonds is 1. The second kappa shape index (κ2) is 3.05. The van der Waals surface area contributed by atoms with Crippen molar-refractivity contribution in [1.29, 1.82) is 0 Å². The van der Waals surface area contributed by atoms with Crippen LogP contribution in [0, 0.1) is 0 Å². The third kappa shape index (κ3) is 1.35.